The van der Waals surface area contributed by atoms with Gasteiger partial charge in [0, 0.05) is 18.6 Å². The van der Waals surface area contributed by atoms with Crippen molar-refractivity contribution < 1.29 is 19.7 Å². The number of phenolic OH excluding ortho intramolecular Hbond substituents is 2. The van der Waals surface area contributed by atoms with Gasteiger partial charge in [-0.05, 0) is 37.1 Å². The lowest BCUT2D eigenvalue weighted by Gasteiger charge is -2.10. The van der Waals surface area contributed by atoms with Crippen molar-refractivity contribution in [3.63, 3.8) is 0 Å². The van der Waals surface area contributed by atoms with Gasteiger partial charge in [0.1, 0.15) is 23.0 Å². The maximum absolute atomic E-state index is 10.0. The topological polar surface area (TPSA) is 58.9 Å². The van der Waals surface area contributed by atoms with Gasteiger partial charge in [0.05, 0.1) is 13.2 Å². The van der Waals surface area contributed by atoms with Crippen LogP contribution in [0.3, 0.4) is 0 Å². The van der Waals surface area contributed by atoms with Gasteiger partial charge in [-0.2, -0.15) is 0 Å². The Morgan fingerprint density at radius 1 is 0.762 bits per heavy atom. The molecule has 4 heteroatoms. The van der Waals surface area contributed by atoms with Gasteiger partial charge in [-0.3, -0.25) is 0 Å². The monoisotopic (exact) mass is 288 g/mol. The van der Waals surface area contributed by atoms with E-state index in [1.54, 1.807) is 24.3 Å². The Morgan fingerprint density at radius 2 is 1.19 bits per heavy atom. The minimum Gasteiger partial charge on any atom is -0.508 e. The van der Waals surface area contributed by atoms with Gasteiger partial charge >= 0.3 is 0 Å². The van der Waals surface area contributed by atoms with Crippen LogP contribution in [0.2, 0.25) is 0 Å². The number of ether oxygens (including phenoxy) is 2. The van der Waals surface area contributed by atoms with E-state index in [1.165, 1.54) is 0 Å². The molecule has 2 rings (SSSR count). The minimum absolute atomic E-state index is 0.161. The molecule has 21 heavy (non-hydrogen) atoms. The SMILES string of the molecule is CCOc1ccc(Cc2ccc(OCC)cc2O)c(O)c1. The van der Waals surface area contributed by atoms with E-state index in [0.29, 0.717) is 31.1 Å². The van der Waals surface area contributed by atoms with Crippen LogP contribution in [-0.4, -0.2) is 23.4 Å². The molecule has 0 aromatic heterocycles. The van der Waals surface area contributed by atoms with Crippen LogP contribution in [0.4, 0.5) is 0 Å². The number of phenols is 2. The first-order valence-corrected chi connectivity index (χ1v) is 7.03. The van der Waals surface area contributed by atoms with Gasteiger partial charge in [-0.1, -0.05) is 12.1 Å². The Bertz CT molecular complexity index is 554. The third-order valence-corrected chi connectivity index (χ3v) is 3.12. The molecule has 0 bridgehead atoms. The van der Waals surface area contributed by atoms with Crippen molar-refractivity contribution in [1.29, 1.82) is 0 Å². The standard InChI is InChI=1S/C17H20O4/c1-3-20-14-7-5-12(16(18)10-14)9-13-6-8-15(21-4-2)11-17(13)19/h5-8,10-11,18-19H,3-4,9H2,1-2H3. The van der Waals surface area contributed by atoms with Crippen molar-refractivity contribution in [3.8, 4) is 23.0 Å². The molecule has 2 aromatic carbocycles. The molecule has 2 N–H and O–H groups in total. The molecular formula is C17H20O4. The smallest absolute Gasteiger partial charge is 0.122 e. The first kappa shape index (κ1) is 15.0. The molecule has 0 heterocycles. The highest BCUT2D eigenvalue weighted by Gasteiger charge is 2.09. The van der Waals surface area contributed by atoms with Crippen molar-refractivity contribution in [3.05, 3.63) is 47.5 Å². The Balaban J connectivity index is 2.18. The molecule has 112 valence electrons. The fraction of sp³-hybridized carbons (Fsp3) is 0.294. The van der Waals surface area contributed by atoms with E-state index in [-0.39, 0.29) is 11.5 Å². The van der Waals surface area contributed by atoms with Gasteiger partial charge in [-0.25, -0.2) is 0 Å². The third kappa shape index (κ3) is 3.81. The molecule has 0 spiro atoms. The second kappa shape index (κ2) is 6.88. The Kier molecular flexibility index (Phi) is 4.93. The highest BCUT2D eigenvalue weighted by molar-refractivity contribution is 5.46. The zero-order valence-electron chi connectivity index (χ0n) is 12.3. The second-order valence-corrected chi connectivity index (χ2v) is 4.62. The van der Waals surface area contributed by atoms with Crippen LogP contribution in [0, 0.1) is 0 Å². The molecule has 0 saturated carbocycles. The van der Waals surface area contributed by atoms with Crippen molar-refractivity contribution in [2.45, 2.75) is 20.3 Å². The predicted octanol–water partition coefficient (Wildman–Crippen LogP) is 3.49. The van der Waals surface area contributed by atoms with Crippen molar-refractivity contribution in [2.24, 2.45) is 0 Å². The largest absolute Gasteiger partial charge is 0.508 e. The lowest BCUT2D eigenvalue weighted by atomic mass is 10.0. The molecule has 2 aromatic rings. The average Bonchev–Trinajstić information content (AvgIpc) is 2.45. The van der Waals surface area contributed by atoms with Crippen LogP contribution in [0.1, 0.15) is 25.0 Å². The molecule has 0 atom stereocenters. The van der Waals surface area contributed by atoms with E-state index >= 15 is 0 Å². The van der Waals surface area contributed by atoms with Gasteiger partial charge < -0.3 is 19.7 Å². The van der Waals surface area contributed by atoms with Gasteiger partial charge in [-0.15, -0.1) is 0 Å². The molecular weight excluding hydrogens is 268 g/mol. The molecule has 0 radical (unpaired) electrons. The summed E-state index contributed by atoms with van der Waals surface area (Å²) in [4.78, 5) is 0. The summed E-state index contributed by atoms with van der Waals surface area (Å²) in [6.45, 7) is 4.89. The Hall–Kier alpha value is -2.36. The maximum Gasteiger partial charge on any atom is 0.122 e. The van der Waals surface area contributed by atoms with Crippen molar-refractivity contribution >= 4 is 0 Å². The van der Waals surface area contributed by atoms with Gasteiger partial charge in [0.2, 0.25) is 0 Å². The van der Waals surface area contributed by atoms with Crippen LogP contribution in [0.25, 0.3) is 0 Å². The molecule has 0 unspecified atom stereocenters. The highest BCUT2D eigenvalue weighted by Crippen LogP contribution is 2.30. The maximum atomic E-state index is 10.0. The van der Waals surface area contributed by atoms with Gasteiger partial charge in [0.15, 0.2) is 0 Å². The van der Waals surface area contributed by atoms with E-state index < -0.39 is 0 Å². The lowest BCUT2D eigenvalue weighted by molar-refractivity contribution is 0.337. The average molecular weight is 288 g/mol. The van der Waals surface area contributed by atoms with Crippen LogP contribution in [0.5, 0.6) is 23.0 Å². The lowest BCUT2D eigenvalue weighted by Crippen LogP contribution is -1.95. The Morgan fingerprint density at radius 3 is 1.52 bits per heavy atom. The highest BCUT2D eigenvalue weighted by atomic mass is 16.5. The zero-order valence-corrected chi connectivity index (χ0v) is 12.3. The van der Waals surface area contributed by atoms with E-state index in [4.69, 9.17) is 9.47 Å². The van der Waals surface area contributed by atoms with Crippen LogP contribution in [-0.2, 0) is 6.42 Å². The number of benzene rings is 2. The summed E-state index contributed by atoms with van der Waals surface area (Å²) in [6.07, 6.45) is 0.441. The Labute approximate surface area is 124 Å². The normalized spacial score (nSPS) is 10.4. The summed E-state index contributed by atoms with van der Waals surface area (Å²) in [7, 11) is 0. The zero-order chi connectivity index (χ0) is 15.2. The summed E-state index contributed by atoms with van der Waals surface area (Å²) < 4.78 is 10.7. The van der Waals surface area contributed by atoms with Crippen molar-refractivity contribution in [1.82, 2.24) is 0 Å². The van der Waals surface area contributed by atoms with Crippen LogP contribution < -0.4 is 9.47 Å². The molecule has 0 fully saturated rings. The van der Waals surface area contributed by atoms with Crippen molar-refractivity contribution in [2.75, 3.05) is 13.2 Å². The van der Waals surface area contributed by atoms with E-state index in [2.05, 4.69) is 0 Å². The molecule has 0 aliphatic carbocycles. The van der Waals surface area contributed by atoms with Crippen LogP contribution >= 0.6 is 0 Å². The first-order valence-electron chi connectivity index (χ1n) is 7.03. The van der Waals surface area contributed by atoms with Gasteiger partial charge in [0.25, 0.3) is 0 Å². The fourth-order valence-electron chi connectivity index (χ4n) is 2.10. The molecule has 0 amide bonds. The summed E-state index contributed by atoms with van der Waals surface area (Å²) in [6, 6.07) is 10.4. The number of hydrogen-bond donors (Lipinski definition) is 2. The fourth-order valence-corrected chi connectivity index (χ4v) is 2.10. The number of hydrogen-bond acceptors (Lipinski definition) is 4. The molecule has 4 nitrogen and oxygen atoms in total. The number of rotatable bonds is 6. The predicted molar refractivity (Wildman–Crippen MR) is 81.4 cm³/mol. The quantitative estimate of drug-likeness (QED) is 0.854. The summed E-state index contributed by atoms with van der Waals surface area (Å²) in [5.41, 5.74) is 1.47. The third-order valence-electron chi connectivity index (χ3n) is 3.12. The molecule has 0 aliphatic rings. The number of aromatic hydroxyl groups is 2. The van der Waals surface area contributed by atoms with E-state index in [9.17, 15) is 10.2 Å². The van der Waals surface area contributed by atoms with Crippen LogP contribution in [0.15, 0.2) is 36.4 Å². The summed E-state index contributed by atoms with van der Waals surface area (Å²) in [5, 5.41) is 20.0. The first-order chi connectivity index (χ1) is 10.1. The molecule has 0 aliphatic heterocycles. The molecule has 0 saturated heterocycles. The minimum atomic E-state index is 0.161. The second-order valence-electron chi connectivity index (χ2n) is 4.62. The summed E-state index contributed by atoms with van der Waals surface area (Å²) in [5.74, 6) is 1.59. The van der Waals surface area contributed by atoms with E-state index in [0.717, 1.165) is 11.1 Å². The summed E-state index contributed by atoms with van der Waals surface area (Å²) >= 11 is 0. The van der Waals surface area contributed by atoms with E-state index in [1.807, 2.05) is 26.0 Å².